The summed E-state index contributed by atoms with van der Waals surface area (Å²) in [6.07, 6.45) is 2.19. The average molecular weight is 418 g/mol. The summed E-state index contributed by atoms with van der Waals surface area (Å²) in [6.45, 7) is 1.19. The van der Waals surface area contributed by atoms with Crippen molar-refractivity contribution in [2.75, 3.05) is 18.5 Å². The van der Waals surface area contributed by atoms with E-state index in [4.69, 9.17) is 16.3 Å². The van der Waals surface area contributed by atoms with E-state index in [0.717, 1.165) is 28.8 Å². The van der Waals surface area contributed by atoms with Crippen LogP contribution in [0.2, 0.25) is 5.02 Å². The largest absolute Gasteiger partial charge is 0.382 e. The van der Waals surface area contributed by atoms with Crippen molar-refractivity contribution in [1.29, 1.82) is 0 Å². The van der Waals surface area contributed by atoms with Gasteiger partial charge in [-0.05, 0) is 24.1 Å². The third kappa shape index (κ3) is 4.02. The Balaban J connectivity index is 1.53. The molecule has 1 N–H and O–H groups in total. The van der Waals surface area contributed by atoms with E-state index in [1.165, 1.54) is 6.20 Å². The van der Waals surface area contributed by atoms with Crippen molar-refractivity contribution in [3.8, 4) is 5.69 Å². The van der Waals surface area contributed by atoms with Gasteiger partial charge in [0, 0.05) is 25.1 Å². The average Bonchev–Trinajstić information content (AvgIpc) is 3.19. The highest BCUT2D eigenvalue weighted by Crippen LogP contribution is 2.34. The Kier molecular flexibility index (Phi) is 5.60. The summed E-state index contributed by atoms with van der Waals surface area (Å²) in [7, 11) is 0. The first-order valence-corrected chi connectivity index (χ1v) is 9.56. The minimum atomic E-state index is -0.898. The van der Waals surface area contributed by atoms with Crippen molar-refractivity contribution in [2.45, 2.75) is 12.5 Å². The molecule has 2 heterocycles. The van der Waals surface area contributed by atoms with Gasteiger partial charge in [0.2, 0.25) is 0 Å². The molecule has 0 aliphatic carbocycles. The molecule has 0 radical (unpaired) electrons. The molecule has 1 aliphatic heterocycles. The number of ether oxygens (including phenoxy) is 1. The van der Waals surface area contributed by atoms with Crippen molar-refractivity contribution in [2.24, 2.45) is 5.92 Å². The summed E-state index contributed by atoms with van der Waals surface area (Å²) in [5, 5.41) is 7.03. The predicted molar refractivity (Wildman–Crippen MR) is 106 cm³/mol. The van der Waals surface area contributed by atoms with Crippen molar-refractivity contribution in [3.05, 3.63) is 87.3 Å². The SMILES string of the molecule is O=c1c(Cl)c(NCC2CCOC2c2ccccc2)cnn1-c1ccc(F)cc1F. The van der Waals surface area contributed by atoms with Crippen LogP contribution < -0.4 is 10.9 Å². The molecule has 1 aliphatic rings. The molecule has 150 valence electrons. The zero-order valence-corrected chi connectivity index (χ0v) is 16.1. The van der Waals surface area contributed by atoms with Crippen LogP contribution in [0.3, 0.4) is 0 Å². The summed E-state index contributed by atoms with van der Waals surface area (Å²) < 4.78 is 33.8. The van der Waals surface area contributed by atoms with Gasteiger partial charge in [0.15, 0.2) is 5.82 Å². The molecule has 2 atom stereocenters. The van der Waals surface area contributed by atoms with Gasteiger partial charge in [0.1, 0.15) is 16.5 Å². The van der Waals surface area contributed by atoms with Crippen molar-refractivity contribution >= 4 is 17.3 Å². The summed E-state index contributed by atoms with van der Waals surface area (Å²) in [5.41, 5.74) is 0.597. The highest BCUT2D eigenvalue weighted by Gasteiger charge is 2.29. The van der Waals surface area contributed by atoms with Crippen LogP contribution in [0.4, 0.5) is 14.5 Å². The molecule has 1 aromatic heterocycles. The van der Waals surface area contributed by atoms with Gasteiger partial charge >= 0.3 is 0 Å². The summed E-state index contributed by atoms with van der Waals surface area (Å²) in [6, 6.07) is 12.8. The molecule has 1 fully saturated rings. The Morgan fingerprint density at radius 1 is 1.21 bits per heavy atom. The Hall–Kier alpha value is -2.77. The first-order chi connectivity index (χ1) is 14.0. The van der Waals surface area contributed by atoms with Gasteiger partial charge in [0.25, 0.3) is 5.56 Å². The molecule has 8 heteroatoms. The maximum absolute atomic E-state index is 14.0. The number of aromatic nitrogens is 2. The van der Waals surface area contributed by atoms with Crippen LogP contribution >= 0.6 is 11.6 Å². The monoisotopic (exact) mass is 417 g/mol. The molecule has 2 aromatic carbocycles. The van der Waals surface area contributed by atoms with Crippen molar-refractivity contribution in [3.63, 3.8) is 0 Å². The summed E-state index contributed by atoms with van der Waals surface area (Å²) in [5.74, 6) is -1.44. The van der Waals surface area contributed by atoms with Gasteiger partial charge in [0.05, 0.1) is 18.0 Å². The first-order valence-electron chi connectivity index (χ1n) is 9.18. The molecule has 0 spiro atoms. The van der Waals surface area contributed by atoms with Crippen LogP contribution in [0.15, 0.2) is 59.5 Å². The summed E-state index contributed by atoms with van der Waals surface area (Å²) in [4.78, 5) is 12.6. The Morgan fingerprint density at radius 2 is 2.00 bits per heavy atom. The third-order valence-electron chi connectivity index (χ3n) is 4.95. The minimum absolute atomic E-state index is 0.0379. The predicted octanol–water partition coefficient (Wildman–Crippen LogP) is 4.35. The number of hydrogen-bond acceptors (Lipinski definition) is 4. The number of nitrogens with zero attached hydrogens (tertiary/aromatic N) is 2. The lowest BCUT2D eigenvalue weighted by atomic mass is 9.95. The quantitative estimate of drug-likeness (QED) is 0.670. The van der Waals surface area contributed by atoms with Crippen LogP contribution in [0.5, 0.6) is 0 Å². The number of nitrogens with one attached hydrogen (secondary N) is 1. The molecular formula is C21H18ClF2N3O2. The lowest BCUT2D eigenvalue weighted by molar-refractivity contribution is 0.0933. The summed E-state index contributed by atoms with van der Waals surface area (Å²) >= 11 is 6.21. The Labute approximate surface area is 170 Å². The smallest absolute Gasteiger partial charge is 0.292 e. The fraction of sp³-hybridized carbons (Fsp3) is 0.238. The zero-order valence-electron chi connectivity index (χ0n) is 15.3. The number of rotatable bonds is 5. The topological polar surface area (TPSA) is 56.1 Å². The molecule has 0 saturated carbocycles. The second-order valence-electron chi connectivity index (χ2n) is 6.82. The second-order valence-corrected chi connectivity index (χ2v) is 7.19. The van der Waals surface area contributed by atoms with E-state index >= 15 is 0 Å². The van der Waals surface area contributed by atoms with Gasteiger partial charge in [-0.25, -0.2) is 8.78 Å². The van der Waals surface area contributed by atoms with Crippen molar-refractivity contribution in [1.82, 2.24) is 9.78 Å². The zero-order chi connectivity index (χ0) is 20.4. The molecule has 3 aromatic rings. The first kappa shape index (κ1) is 19.5. The van der Waals surface area contributed by atoms with E-state index in [-0.39, 0.29) is 22.7 Å². The van der Waals surface area contributed by atoms with Crippen LogP contribution in [0.1, 0.15) is 18.1 Å². The van der Waals surface area contributed by atoms with Gasteiger partial charge in [-0.15, -0.1) is 0 Å². The number of halogens is 3. The van der Waals surface area contributed by atoms with Crippen LogP contribution in [0.25, 0.3) is 5.69 Å². The highest BCUT2D eigenvalue weighted by molar-refractivity contribution is 6.32. The van der Waals surface area contributed by atoms with E-state index in [0.29, 0.717) is 24.9 Å². The van der Waals surface area contributed by atoms with Gasteiger partial charge in [-0.2, -0.15) is 9.78 Å². The lowest BCUT2D eigenvalue weighted by Gasteiger charge is -2.20. The van der Waals surface area contributed by atoms with E-state index < -0.39 is 17.2 Å². The Morgan fingerprint density at radius 3 is 2.76 bits per heavy atom. The third-order valence-corrected chi connectivity index (χ3v) is 5.32. The standard InChI is InChI=1S/C21H18ClF2N3O2/c22-19-17(12-26-27(21(19)28)18-7-6-15(23)10-16(18)24)25-11-14-8-9-29-20(14)13-4-2-1-3-5-13/h1-7,10,12,14,20,25H,8-9,11H2. The van der Waals surface area contributed by atoms with Crippen LogP contribution in [0, 0.1) is 17.6 Å². The van der Waals surface area contributed by atoms with E-state index in [1.807, 2.05) is 30.3 Å². The minimum Gasteiger partial charge on any atom is -0.382 e. The number of anilines is 1. The number of benzene rings is 2. The molecule has 29 heavy (non-hydrogen) atoms. The van der Waals surface area contributed by atoms with E-state index in [2.05, 4.69) is 10.4 Å². The maximum Gasteiger partial charge on any atom is 0.292 e. The van der Waals surface area contributed by atoms with Gasteiger partial charge in [-0.1, -0.05) is 41.9 Å². The molecular weight excluding hydrogens is 400 g/mol. The van der Waals surface area contributed by atoms with Crippen LogP contribution in [-0.4, -0.2) is 22.9 Å². The normalized spacial score (nSPS) is 18.7. The molecule has 4 rings (SSSR count). The molecule has 0 bridgehead atoms. The molecule has 2 unspecified atom stereocenters. The molecule has 5 nitrogen and oxygen atoms in total. The maximum atomic E-state index is 14.0. The van der Waals surface area contributed by atoms with Crippen LogP contribution in [-0.2, 0) is 4.74 Å². The molecule has 0 amide bonds. The Bertz CT molecular complexity index is 1080. The lowest BCUT2D eigenvalue weighted by Crippen LogP contribution is -2.25. The van der Waals surface area contributed by atoms with Gasteiger partial charge < -0.3 is 10.1 Å². The fourth-order valence-electron chi connectivity index (χ4n) is 3.48. The second kappa shape index (κ2) is 8.31. The van der Waals surface area contributed by atoms with E-state index in [9.17, 15) is 13.6 Å². The van der Waals surface area contributed by atoms with Gasteiger partial charge in [-0.3, -0.25) is 4.79 Å². The van der Waals surface area contributed by atoms with Crippen molar-refractivity contribution < 1.29 is 13.5 Å². The fourth-order valence-corrected chi connectivity index (χ4v) is 3.67. The van der Waals surface area contributed by atoms with E-state index in [1.54, 1.807) is 0 Å². The number of hydrogen-bond donors (Lipinski definition) is 1. The molecule has 1 saturated heterocycles. The highest BCUT2D eigenvalue weighted by atomic mass is 35.5.